The van der Waals surface area contributed by atoms with Crippen LogP contribution in [0.5, 0.6) is 0 Å². The van der Waals surface area contributed by atoms with Gasteiger partial charge in [0.15, 0.2) is 5.58 Å². The normalized spacial score (nSPS) is 11.5. The summed E-state index contributed by atoms with van der Waals surface area (Å²) in [6.45, 7) is 0. The van der Waals surface area contributed by atoms with E-state index in [0.29, 0.717) is 5.89 Å². The van der Waals surface area contributed by atoms with Gasteiger partial charge in [-0.1, -0.05) is 84.9 Å². The first kappa shape index (κ1) is 35.4. The fourth-order valence-corrected chi connectivity index (χ4v) is 8.83. The molecule has 62 heavy (non-hydrogen) atoms. The van der Waals surface area contributed by atoms with Gasteiger partial charge in [-0.15, -0.1) is 0 Å². The molecule has 12 aromatic rings. The zero-order chi connectivity index (χ0) is 41.0. The Hall–Kier alpha value is -8.55. The maximum Gasteiger partial charge on any atom is 0.227 e. The van der Waals surface area contributed by atoms with Gasteiger partial charge in [-0.2, -0.15) is 0 Å². The molecule has 7 heteroatoms. The van der Waals surface area contributed by atoms with Crippen LogP contribution in [0.25, 0.3) is 71.6 Å². The number of fused-ring (bicyclic) bond motifs is 7. The van der Waals surface area contributed by atoms with Crippen LogP contribution in [0.4, 0.5) is 34.4 Å². The largest absolute Gasteiger partial charge is 0.436 e. The van der Waals surface area contributed by atoms with Gasteiger partial charge in [0.25, 0.3) is 0 Å². The molecule has 0 radical (unpaired) electrons. The standard InChI is InChI=1S/C55H36N6O/c1-2-12-40(13-3-1)61-50-16-6-4-14-47(50)48-36-44(28-31-51(48)61)60(54-19-9-11-33-57-54)43-27-30-46-39(35-43)21-20-38-34-42(26-29-45(38)46)59(53-18-8-10-32-56-53)41-24-22-37(23-25-41)55-58-49-15-5-7-17-52(49)62-55/h1-36H. The van der Waals surface area contributed by atoms with Gasteiger partial charge < -0.3 is 8.98 Å². The van der Waals surface area contributed by atoms with Crippen LogP contribution in [-0.2, 0) is 0 Å². The van der Waals surface area contributed by atoms with Crippen LogP contribution in [0.1, 0.15) is 0 Å². The first-order valence-corrected chi connectivity index (χ1v) is 20.7. The van der Waals surface area contributed by atoms with Crippen LogP contribution < -0.4 is 9.80 Å². The maximum absolute atomic E-state index is 6.07. The van der Waals surface area contributed by atoms with Crippen LogP contribution in [0.2, 0.25) is 0 Å². The molecule has 12 rings (SSSR count). The Balaban J connectivity index is 0.932. The lowest BCUT2D eigenvalue weighted by Crippen LogP contribution is -2.11. The third-order valence-electron chi connectivity index (χ3n) is 11.7. The van der Waals surface area contributed by atoms with Gasteiger partial charge in [-0.05, 0) is 143 Å². The number of benzene rings is 8. The van der Waals surface area contributed by atoms with Crippen LogP contribution in [0.3, 0.4) is 0 Å². The van der Waals surface area contributed by atoms with Gasteiger partial charge in [-0.25, -0.2) is 15.0 Å². The highest BCUT2D eigenvalue weighted by Crippen LogP contribution is 2.42. The maximum atomic E-state index is 6.07. The van der Waals surface area contributed by atoms with Crippen molar-refractivity contribution in [2.24, 2.45) is 0 Å². The number of para-hydroxylation sites is 4. The van der Waals surface area contributed by atoms with E-state index >= 15 is 0 Å². The molecule has 0 atom stereocenters. The molecule has 292 valence electrons. The number of oxazole rings is 1. The summed E-state index contributed by atoms with van der Waals surface area (Å²) < 4.78 is 8.42. The van der Waals surface area contributed by atoms with E-state index in [0.717, 1.165) is 73.0 Å². The van der Waals surface area contributed by atoms with Crippen molar-refractivity contribution in [2.75, 3.05) is 9.80 Å². The van der Waals surface area contributed by atoms with Gasteiger partial charge in [0.2, 0.25) is 5.89 Å². The van der Waals surface area contributed by atoms with E-state index in [-0.39, 0.29) is 0 Å². The van der Waals surface area contributed by atoms with Crippen molar-refractivity contribution in [3.05, 3.63) is 219 Å². The summed E-state index contributed by atoms with van der Waals surface area (Å²) in [6.07, 6.45) is 3.69. The molecule has 0 aliphatic rings. The molecule has 0 N–H and O–H groups in total. The van der Waals surface area contributed by atoms with Gasteiger partial charge in [0.05, 0.1) is 11.0 Å². The van der Waals surface area contributed by atoms with Crippen molar-refractivity contribution in [3.63, 3.8) is 0 Å². The number of anilines is 6. The van der Waals surface area contributed by atoms with Crippen molar-refractivity contribution in [1.29, 1.82) is 0 Å². The number of hydrogen-bond acceptors (Lipinski definition) is 6. The molecule has 4 heterocycles. The Morgan fingerprint density at radius 3 is 1.65 bits per heavy atom. The van der Waals surface area contributed by atoms with E-state index in [9.17, 15) is 0 Å². The third kappa shape index (κ3) is 6.02. The predicted molar refractivity (Wildman–Crippen MR) is 254 cm³/mol. The summed E-state index contributed by atoms with van der Waals surface area (Å²) in [4.78, 5) is 18.8. The first-order valence-electron chi connectivity index (χ1n) is 20.7. The monoisotopic (exact) mass is 796 g/mol. The van der Waals surface area contributed by atoms with Crippen LogP contribution in [0.15, 0.2) is 223 Å². The van der Waals surface area contributed by atoms with Crippen molar-refractivity contribution < 1.29 is 4.42 Å². The number of nitrogens with zero attached hydrogens (tertiary/aromatic N) is 6. The third-order valence-corrected chi connectivity index (χ3v) is 11.7. The van der Waals surface area contributed by atoms with Crippen molar-refractivity contribution >= 4 is 88.8 Å². The Bertz CT molecular complexity index is 3550. The summed E-state index contributed by atoms with van der Waals surface area (Å²) >= 11 is 0. The molecule has 0 bridgehead atoms. The Morgan fingerprint density at radius 1 is 0.403 bits per heavy atom. The highest BCUT2D eigenvalue weighted by molar-refractivity contribution is 6.12. The van der Waals surface area contributed by atoms with E-state index in [1.165, 1.54) is 27.1 Å². The molecule has 0 amide bonds. The molecule has 0 unspecified atom stereocenters. The molecule has 7 nitrogen and oxygen atoms in total. The van der Waals surface area contributed by atoms with E-state index in [1.807, 2.05) is 67.0 Å². The van der Waals surface area contributed by atoms with E-state index < -0.39 is 0 Å². The minimum Gasteiger partial charge on any atom is -0.436 e. The molecule has 0 fully saturated rings. The summed E-state index contributed by atoms with van der Waals surface area (Å²) in [5.74, 6) is 2.27. The lowest BCUT2D eigenvalue weighted by atomic mass is 10.00. The smallest absolute Gasteiger partial charge is 0.227 e. The minimum absolute atomic E-state index is 0.597. The lowest BCUT2D eigenvalue weighted by Gasteiger charge is -2.25. The Morgan fingerprint density at radius 2 is 0.968 bits per heavy atom. The van der Waals surface area contributed by atoms with Gasteiger partial charge in [0, 0.05) is 57.2 Å². The molecule has 0 saturated carbocycles. The van der Waals surface area contributed by atoms with Crippen LogP contribution in [0, 0.1) is 0 Å². The zero-order valence-electron chi connectivity index (χ0n) is 33.4. The molecule has 0 aliphatic carbocycles. The Kier molecular flexibility index (Phi) is 8.35. The van der Waals surface area contributed by atoms with Crippen molar-refractivity contribution in [2.45, 2.75) is 0 Å². The number of pyridine rings is 2. The molecule has 4 aromatic heterocycles. The molecule has 8 aromatic carbocycles. The van der Waals surface area contributed by atoms with Gasteiger partial charge >= 0.3 is 0 Å². The van der Waals surface area contributed by atoms with E-state index in [4.69, 9.17) is 19.4 Å². The first-order chi connectivity index (χ1) is 30.7. The fourth-order valence-electron chi connectivity index (χ4n) is 8.83. The number of rotatable bonds is 8. The van der Waals surface area contributed by atoms with E-state index in [1.54, 1.807) is 0 Å². The van der Waals surface area contributed by atoms with Crippen LogP contribution in [-0.4, -0.2) is 19.5 Å². The minimum atomic E-state index is 0.597. The van der Waals surface area contributed by atoms with Crippen molar-refractivity contribution in [1.82, 2.24) is 19.5 Å². The molecular weight excluding hydrogens is 761 g/mol. The summed E-state index contributed by atoms with van der Waals surface area (Å²) in [5.41, 5.74) is 10.0. The highest BCUT2D eigenvalue weighted by atomic mass is 16.3. The summed E-state index contributed by atoms with van der Waals surface area (Å²) in [6, 6.07) is 72.0. The van der Waals surface area contributed by atoms with Gasteiger partial charge in [-0.3, -0.25) is 9.80 Å². The second kappa shape index (κ2) is 14.6. The molecular formula is C55H36N6O. The average Bonchev–Trinajstić information content (AvgIpc) is 3.92. The second-order valence-electron chi connectivity index (χ2n) is 15.3. The van der Waals surface area contributed by atoms with Gasteiger partial charge in [0.1, 0.15) is 17.2 Å². The Labute approximate surface area is 357 Å². The lowest BCUT2D eigenvalue weighted by molar-refractivity contribution is 0.620. The molecule has 0 spiro atoms. The van der Waals surface area contributed by atoms with E-state index in [2.05, 4.69) is 166 Å². The number of aromatic nitrogens is 4. The quantitative estimate of drug-likeness (QED) is 0.143. The second-order valence-corrected chi connectivity index (χ2v) is 15.3. The van der Waals surface area contributed by atoms with Crippen molar-refractivity contribution in [3.8, 4) is 17.1 Å². The van der Waals surface area contributed by atoms with Crippen LogP contribution >= 0.6 is 0 Å². The molecule has 0 aliphatic heterocycles. The summed E-state index contributed by atoms with van der Waals surface area (Å²) in [5, 5.41) is 7.01. The SMILES string of the molecule is c1ccc(-n2c3ccccc3c3cc(N(c4ccc5c(ccc6cc(N(c7ccc(-c8nc9ccccc9o8)cc7)c7ccccn7)ccc65)c4)c4ccccn4)ccc32)cc1. The number of hydrogen-bond donors (Lipinski definition) is 0. The zero-order valence-corrected chi connectivity index (χ0v) is 33.4. The molecule has 0 saturated heterocycles. The fraction of sp³-hybridized carbons (Fsp3) is 0. The topological polar surface area (TPSA) is 63.2 Å². The average molecular weight is 797 g/mol. The summed E-state index contributed by atoms with van der Waals surface area (Å²) in [7, 11) is 0. The highest BCUT2D eigenvalue weighted by Gasteiger charge is 2.20. The predicted octanol–water partition coefficient (Wildman–Crippen LogP) is 14.6.